The molecule has 2 heterocycles. The standard InChI is InChI=1S/C29H32N2O3S/c1-3-24(20-7-5-4-6-8-20)29(33)31(22-11-12-22)19-27(32)30-17-15-26-25(16-18-35-26)28(30)21-9-13-23(34-2)14-10-21/h4-10,13-14,16,18,22,24,28H,3,11-12,15,17,19H2,1-2H3. The molecule has 1 fully saturated rings. The number of carbonyl (C=O) groups excluding carboxylic acids is 2. The Labute approximate surface area is 211 Å². The molecule has 2 amide bonds. The maximum atomic E-state index is 13.8. The number of methoxy groups -OCH3 is 1. The van der Waals surface area contributed by atoms with E-state index in [1.54, 1.807) is 18.4 Å². The fourth-order valence-corrected chi connectivity index (χ4v) is 6.08. The first-order valence-electron chi connectivity index (χ1n) is 12.5. The number of hydrogen-bond acceptors (Lipinski definition) is 4. The van der Waals surface area contributed by atoms with Crippen LogP contribution in [0.3, 0.4) is 0 Å². The minimum atomic E-state index is -0.216. The van der Waals surface area contributed by atoms with Gasteiger partial charge in [-0.15, -0.1) is 11.3 Å². The molecular formula is C29H32N2O3S. The topological polar surface area (TPSA) is 49.9 Å². The molecule has 1 saturated carbocycles. The van der Waals surface area contributed by atoms with E-state index < -0.39 is 0 Å². The predicted octanol–water partition coefficient (Wildman–Crippen LogP) is 5.42. The molecule has 0 saturated heterocycles. The fraction of sp³-hybridized carbons (Fsp3) is 0.379. The van der Waals surface area contributed by atoms with E-state index in [1.807, 2.05) is 71.3 Å². The second-order valence-electron chi connectivity index (χ2n) is 9.38. The van der Waals surface area contributed by atoms with Gasteiger partial charge in [0.05, 0.1) is 19.1 Å². The van der Waals surface area contributed by atoms with E-state index >= 15 is 0 Å². The summed E-state index contributed by atoms with van der Waals surface area (Å²) in [5.74, 6) is 0.673. The Kier molecular flexibility index (Phi) is 6.91. The quantitative estimate of drug-likeness (QED) is 0.426. The summed E-state index contributed by atoms with van der Waals surface area (Å²) < 4.78 is 5.34. The van der Waals surface area contributed by atoms with Gasteiger partial charge in [-0.1, -0.05) is 49.4 Å². The van der Waals surface area contributed by atoms with E-state index in [1.165, 1.54) is 10.4 Å². The van der Waals surface area contributed by atoms with Gasteiger partial charge in [-0.2, -0.15) is 0 Å². The van der Waals surface area contributed by atoms with Crippen LogP contribution >= 0.6 is 11.3 Å². The lowest BCUT2D eigenvalue weighted by molar-refractivity contribution is -0.143. The summed E-state index contributed by atoms with van der Waals surface area (Å²) in [6.07, 6.45) is 3.52. The van der Waals surface area contributed by atoms with E-state index in [0.29, 0.717) is 6.54 Å². The van der Waals surface area contributed by atoms with Crippen LogP contribution in [0.25, 0.3) is 0 Å². The van der Waals surface area contributed by atoms with Crippen molar-refractivity contribution < 1.29 is 14.3 Å². The largest absolute Gasteiger partial charge is 0.497 e. The van der Waals surface area contributed by atoms with Crippen LogP contribution in [-0.2, 0) is 16.0 Å². The van der Waals surface area contributed by atoms with E-state index in [9.17, 15) is 9.59 Å². The molecule has 5 nitrogen and oxygen atoms in total. The summed E-state index contributed by atoms with van der Waals surface area (Å²) in [5, 5.41) is 2.11. The van der Waals surface area contributed by atoms with Crippen LogP contribution in [0.1, 0.15) is 59.7 Å². The van der Waals surface area contributed by atoms with E-state index in [0.717, 1.165) is 42.6 Å². The van der Waals surface area contributed by atoms with Gasteiger partial charge in [-0.3, -0.25) is 9.59 Å². The number of amides is 2. The number of nitrogens with zero attached hydrogens (tertiary/aromatic N) is 2. The van der Waals surface area contributed by atoms with Crippen LogP contribution in [0, 0.1) is 0 Å². The van der Waals surface area contributed by atoms with Crippen LogP contribution in [0.5, 0.6) is 5.75 Å². The summed E-state index contributed by atoms with van der Waals surface area (Å²) in [4.78, 5) is 32.7. The fourth-order valence-electron chi connectivity index (χ4n) is 5.18. The van der Waals surface area contributed by atoms with Gasteiger partial charge in [-0.25, -0.2) is 0 Å². The molecule has 2 unspecified atom stereocenters. The lowest BCUT2D eigenvalue weighted by atomic mass is 9.92. The Morgan fingerprint density at radius 1 is 1.09 bits per heavy atom. The monoisotopic (exact) mass is 488 g/mol. The first kappa shape index (κ1) is 23.6. The maximum Gasteiger partial charge on any atom is 0.243 e. The molecule has 1 aliphatic carbocycles. The van der Waals surface area contributed by atoms with Gasteiger partial charge in [0.2, 0.25) is 11.8 Å². The molecule has 3 aromatic rings. The number of hydrogen-bond donors (Lipinski definition) is 0. The number of fused-ring (bicyclic) bond motifs is 1. The lowest BCUT2D eigenvalue weighted by Crippen LogP contribution is -2.48. The van der Waals surface area contributed by atoms with Crippen LogP contribution in [-0.4, -0.2) is 47.9 Å². The zero-order chi connectivity index (χ0) is 24.4. The van der Waals surface area contributed by atoms with Gasteiger partial charge in [0.15, 0.2) is 0 Å². The number of thiophene rings is 1. The Bertz CT molecular complexity index is 1170. The average Bonchev–Trinajstić information content (AvgIpc) is 3.63. The second kappa shape index (κ2) is 10.2. The van der Waals surface area contributed by atoms with Gasteiger partial charge >= 0.3 is 0 Å². The average molecular weight is 489 g/mol. The minimum Gasteiger partial charge on any atom is -0.497 e. The van der Waals surface area contributed by atoms with Gasteiger partial charge in [0.1, 0.15) is 12.3 Å². The van der Waals surface area contributed by atoms with E-state index in [2.05, 4.69) is 11.4 Å². The highest BCUT2D eigenvalue weighted by molar-refractivity contribution is 7.10. The Hall–Kier alpha value is -3.12. The van der Waals surface area contributed by atoms with Crippen molar-refractivity contribution in [2.45, 2.75) is 50.6 Å². The summed E-state index contributed by atoms with van der Waals surface area (Å²) in [6.45, 7) is 2.84. The van der Waals surface area contributed by atoms with Crippen LogP contribution in [0.15, 0.2) is 66.0 Å². The molecule has 0 radical (unpaired) electrons. The molecule has 35 heavy (non-hydrogen) atoms. The van der Waals surface area contributed by atoms with Gasteiger partial charge in [0.25, 0.3) is 0 Å². The number of benzene rings is 2. The van der Waals surface area contributed by atoms with E-state index in [-0.39, 0.29) is 36.4 Å². The second-order valence-corrected chi connectivity index (χ2v) is 10.4. The van der Waals surface area contributed by atoms with Gasteiger partial charge in [-0.05, 0) is 66.0 Å². The van der Waals surface area contributed by atoms with Crippen molar-refractivity contribution in [3.8, 4) is 5.75 Å². The van der Waals surface area contributed by atoms with Crippen molar-refractivity contribution in [2.75, 3.05) is 20.2 Å². The van der Waals surface area contributed by atoms with Crippen LogP contribution < -0.4 is 4.74 Å². The molecule has 2 aliphatic rings. The lowest BCUT2D eigenvalue weighted by Gasteiger charge is -2.38. The third-order valence-corrected chi connectivity index (χ3v) is 8.20. The normalized spacial score (nSPS) is 18.0. The van der Waals surface area contributed by atoms with Gasteiger partial charge < -0.3 is 14.5 Å². The summed E-state index contributed by atoms with van der Waals surface area (Å²) >= 11 is 1.76. The molecule has 0 N–H and O–H groups in total. The highest BCUT2D eigenvalue weighted by Crippen LogP contribution is 2.39. The first-order valence-corrected chi connectivity index (χ1v) is 13.3. The van der Waals surface area contributed by atoms with E-state index in [4.69, 9.17) is 4.74 Å². The highest BCUT2D eigenvalue weighted by atomic mass is 32.1. The van der Waals surface area contributed by atoms with Crippen molar-refractivity contribution in [1.82, 2.24) is 9.80 Å². The Morgan fingerprint density at radius 3 is 2.49 bits per heavy atom. The molecule has 2 aromatic carbocycles. The molecule has 5 rings (SSSR count). The SMILES string of the molecule is CCC(C(=O)N(CC(=O)N1CCc2sccc2C1c1ccc(OC)cc1)C1CC1)c1ccccc1. The highest BCUT2D eigenvalue weighted by Gasteiger charge is 2.40. The van der Waals surface area contributed by atoms with Crippen molar-refractivity contribution in [1.29, 1.82) is 0 Å². The predicted molar refractivity (Wildman–Crippen MR) is 139 cm³/mol. The van der Waals surface area contributed by atoms with Crippen molar-refractivity contribution in [3.05, 3.63) is 87.6 Å². The number of carbonyl (C=O) groups is 2. The third-order valence-electron chi connectivity index (χ3n) is 7.20. The third kappa shape index (κ3) is 4.85. The zero-order valence-electron chi connectivity index (χ0n) is 20.4. The molecule has 0 bridgehead atoms. The molecule has 0 spiro atoms. The summed E-state index contributed by atoms with van der Waals surface area (Å²) in [5.41, 5.74) is 3.29. The summed E-state index contributed by atoms with van der Waals surface area (Å²) in [7, 11) is 1.66. The molecule has 6 heteroatoms. The zero-order valence-corrected chi connectivity index (χ0v) is 21.2. The molecule has 182 valence electrons. The molecule has 1 aliphatic heterocycles. The molecular weight excluding hydrogens is 456 g/mol. The van der Waals surface area contributed by atoms with Gasteiger partial charge in [0, 0.05) is 17.5 Å². The first-order chi connectivity index (χ1) is 17.1. The maximum absolute atomic E-state index is 13.8. The number of ether oxygens (including phenoxy) is 1. The van der Waals surface area contributed by atoms with Crippen molar-refractivity contribution in [3.63, 3.8) is 0 Å². The van der Waals surface area contributed by atoms with Crippen molar-refractivity contribution >= 4 is 23.2 Å². The molecule has 1 aromatic heterocycles. The Morgan fingerprint density at radius 2 is 1.83 bits per heavy atom. The van der Waals surface area contributed by atoms with Crippen molar-refractivity contribution in [2.24, 2.45) is 0 Å². The number of rotatable bonds is 8. The minimum absolute atomic E-state index is 0.0193. The smallest absolute Gasteiger partial charge is 0.243 e. The summed E-state index contributed by atoms with van der Waals surface area (Å²) in [6, 6.07) is 20.1. The van der Waals surface area contributed by atoms with Crippen LogP contribution in [0.2, 0.25) is 0 Å². The molecule has 2 atom stereocenters. The Balaban J connectivity index is 1.41. The van der Waals surface area contributed by atoms with Crippen LogP contribution in [0.4, 0.5) is 0 Å².